The summed E-state index contributed by atoms with van der Waals surface area (Å²) in [6, 6.07) is 17.7. The molecular formula is C24H30N4O3. The molecule has 0 radical (unpaired) electrons. The minimum Gasteiger partial charge on any atom is -0.494 e. The Labute approximate surface area is 183 Å². The number of amides is 4. The summed E-state index contributed by atoms with van der Waals surface area (Å²) in [6.45, 7) is 6.02. The Morgan fingerprint density at radius 1 is 1.00 bits per heavy atom. The Balaban J connectivity index is 1.25. The molecule has 0 saturated carbocycles. The molecule has 0 bridgehead atoms. The van der Waals surface area contributed by atoms with Gasteiger partial charge in [-0.2, -0.15) is 0 Å². The van der Waals surface area contributed by atoms with Crippen LogP contribution in [0.1, 0.15) is 25.3 Å². The van der Waals surface area contributed by atoms with E-state index >= 15 is 0 Å². The summed E-state index contributed by atoms with van der Waals surface area (Å²) in [6.07, 6.45) is 1.61. The first-order chi connectivity index (χ1) is 15.1. The summed E-state index contributed by atoms with van der Waals surface area (Å²) in [5, 5.41) is 2.95. The van der Waals surface area contributed by atoms with Crippen molar-refractivity contribution in [3.05, 3.63) is 60.2 Å². The number of ether oxygens (including phenoxy) is 1. The minimum atomic E-state index is -0.0962. The van der Waals surface area contributed by atoms with Gasteiger partial charge in [0.05, 0.1) is 6.61 Å². The lowest BCUT2D eigenvalue weighted by atomic mass is 10.0. The van der Waals surface area contributed by atoms with Crippen LogP contribution in [0.5, 0.6) is 5.75 Å². The van der Waals surface area contributed by atoms with Gasteiger partial charge in [0.25, 0.3) is 0 Å². The van der Waals surface area contributed by atoms with Crippen molar-refractivity contribution in [2.24, 2.45) is 0 Å². The minimum absolute atomic E-state index is 0.0962. The van der Waals surface area contributed by atoms with E-state index in [9.17, 15) is 9.59 Å². The fourth-order valence-electron chi connectivity index (χ4n) is 4.27. The van der Waals surface area contributed by atoms with E-state index in [0.717, 1.165) is 42.9 Å². The molecule has 164 valence electrons. The second kappa shape index (κ2) is 9.73. The topological polar surface area (TPSA) is 65.1 Å². The van der Waals surface area contributed by atoms with Gasteiger partial charge >= 0.3 is 12.1 Å². The van der Waals surface area contributed by atoms with Gasteiger partial charge in [-0.25, -0.2) is 9.59 Å². The maximum atomic E-state index is 12.9. The number of piperidine rings is 1. The maximum Gasteiger partial charge on any atom is 0.321 e. The Hall–Kier alpha value is -3.22. The van der Waals surface area contributed by atoms with Crippen LogP contribution in [0.2, 0.25) is 0 Å². The molecule has 2 aromatic rings. The van der Waals surface area contributed by atoms with Gasteiger partial charge in [-0.3, -0.25) is 0 Å². The maximum absolute atomic E-state index is 12.9. The van der Waals surface area contributed by atoms with Crippen molar-refractivity contribution >= 4 is 17.7 Å². The average molecular weight is 423 g/mol. The van der Waals surface area contributed by atoms with Gasteiger partial charge in [-0.05, 0) is 49.6 Å². The molecule has 2 aliphatic heterocycles. The van der Waals surface area contributed by atoms with Crippen LogP contribution >= 0.6 is 0 Å². The lowest BCUT2D eigenvalue weighted by molar-refractivity contribution is 0.139. The number of carbonyl (C=O) groups is 2. The summed E-state index contributed by atoms with van der Waals surface area (Å²) in [5.41, 5.74) is 1.90. The van der Waals surface area contributed by atoms with Crippen LogP contribution in [-0.4, -0.2) is 65.6 Å². The Kier molecular flexibility index (Phi) is 6.60. The standard InChI is InChI=1S/C24H30N4O3/c1-2-31-22-10-8-20(9-11-22)25-23(29)26-14-12-21(13-15-26)28-17-16-27(24(28)30)18-19-6-4-3-5-7-19/h3-11,21H,2,12-18H2,1H3,(H,25,29). The second-order valence-electron chi connectivity index (χ2n) is 7.99. The molecule has 4 rings (SSSR count). The van der Waals surface area contributed by atoms with Crippen molar-refractivity contribution in [1.82, 2.24) is 14.7 Å². The van der Waals surface area contributed by atoms with Gasteiger partial charge < -0.3 is 24.8 Å². The van der Waals surface area contributed by atoms with E-state index in [0.29, 0.717) is 26.2 Å². The molecule has 7 nitrogen and oxygen atoms in total. The van der Waals surface area contributed by atoms with Crippen LogP contribution in [-0.2, 0) is 6.54 Å². The number of benzene rings is 2. The number of nitrogens with zero attached hydrogens (tertiary/aromatic N) is 3. The molecule has 0 atom stereocenters. The van der Waals surface area contributed by atoms with Crippen LogP contribution in [0.3, 0.4) is 0 Å². The van der Waals surface area contributed by atoms with Crippen LogP contribution < -0.4 is 10.1 Å². The smallest absolute Gasteiger partial charge is 0.321 e. The highest BCUT2D eigenvalue weighted by Crippen LogP contribution is 2.23. The number of carbonyl (C=O) groups excluding carboxylic acids is 2. The molecule has 2 fully saturated rings. The molecule has 0 spiro atoms. The van der Waals surface area contributed by atoms with Gasteiger partial charge in [0.2, 0.25) is 0 Å². The molecule has 2 saturated heterocycles. The lowest BCUT2D eigenvalue weighted by Crippen LogP contribution is -2.49. The number of hydrogen-bond donors (Lipinski definition) is 1. The number of hydrogen-bond acceptors (Lipinski definition) is 3. The highest BCUT2D eigenvalue weighted by atomic mass is 16.5. The summed E-state index contributed by atoms with van der Waals surface area (Å²) in [5.74, 6) is 0.790. The van der Waals surface area contributed by atoms with E-state index in [1.165, 1.54) is 0 Å². The zero-order valence-electron chi connectivity index (χ0n) is 18.0. The van der Waals surface area contributed by atoms with Crippen molar-refractivity contribution < 1.29 is 14.3 Å². The summed E-state index contributed by atoms with van der Waals surface area (Å²) >= 11 is 0. The van der Waals surface area contributed by atoms with Crippen LogP contribution in [0.25, 0.3) is 0 Å². The number of urea groups is 2. The van der Waals surface area contributed by atoms with Gasteiger partial charge in [0, 0.05) is 44.5 Å². The molecule has 2 heterocycles. The predicted octanol–water partition coefficient (Wildman–Crippen LogP) is 4.02. The number of nitrogens with one attached hydrogen (secondary N) is 1. The monoisotopic (exact) mass is 422 g/mol. The van der Waals surface area contributed by atoms with E-state index in [1.54, 1.807) is 0 Å². The summed E-state index contributed by atoms with van der Waals surface area (Å²) in [7, 11) is 0. The zero-order chi connectivity index (χ0) is 21.6. The average Bonchev–Trinajstić information content (AvgIpc) is 3.16. The first-order valence-corrected chi connectivity index (χ1v) is 11.0. The third-order valence-corrected chi connectivity index (χ3v) is 5.95. The fraction of sp³-hybridized carbons (Fsp3) is 0.417. The predicted molar refractivity (Wildman–Crippen MR) is 120 cm³/mol. The van der Waals surface area contributed by atoms with Crippen molar-refractivity contribution in [1.29, 1.82) is 0 Å². The first-order valence-electron chi connectivity index (χ1n) is 11.0. The van der Waals surface area contributed by atoms with Crippen LogP contribution in [0, 0.1) is 0 Å². The fourth-order valence-corrected chi connectivity index (χ4v) is 4.27. The van der Waals surface area contributed by atoms with Crippen LogP contribution in [0.4, 0.5) is 15.3 Å². The zero-order valence-corrected chi connectivity index (χ0v) is 18.0. The lowest BCUT2D eigenvalue weighted by Gasteiger charge is -2.36. The van der Waals surface area contributed by atoms with Gasteiger partial charge in [-0.1, -0.05) is 30.3 Å². The molecule has 2 aromatic carbocycles. The van der Waals surface area contributed by atoms with Gasteiger partial charge in [0.1, 0.15) is 5.75 Å². The number of rotatable bonds is 6. The molecule has 0 aromatic heterocycles. The quantitative estimate of drug-likeness (QED) is 0.765. The van der Waals surface area contributed by atoms with Crippen molar-refractivity contribution in [3.63, 3.8) is 0 Å². The van der Waals surface area contributed by atoms with Crippen molar-refractivity contribution in [2.75, 3.05) is 38.1 Å². The van der Waals surface area contributed by atoms with E-state index in [-0.39, 0.29) is 18.1 Å². The molecule has 0 unspecified atom stereocenters. The first kappa shape index (κ1) is 21.0. The van der Waals surface area contributed by atoms with Gasteiger partial charge in [-0.15, -0.1) is 0 Å². The molecule has 1 N–H and O–H groups in total. The summed E-state index contributed by atoms with van der Waals surface area (Å²) in [4.78, 5) is 31.2. The number of anilines is 1. The summed E-state index contributed by atoms with van der Waals surface area (Å²) < 4.78 is 5.43. The highest BCUT2D eigenvalue weighted by Gasteiger charge is 2.35. The van der Waals surface area contributed by atoms with E-state index in [4.69, 9.17) is 4.74 Å². The third-order valence-electron chi connectivity index (χ3n) is 5.95. The second-order valence-corrected chi connectivity index (χ2v) is 7.99. The van der Waals surface area contributed by atoms with Crippen molar-refractivity contribution in [2.45, 2.75) is 32.4 Å². The normalized spacial score (nSPS) is 17.2. The molecule has 4 amide bonds. The largest absolute Gasteiger partial charge is 0.494 e. The van der Waals surface area contributed by atoms with E-state index in [2.05, 4.69) is 17.4 Å². The molecular weight excluding hydrogens is 392 g/mol. The Bertz CT molecular complexity index is 879. The van der Waals surface area contributed by atoms with Gasteiger partial charge in [0.15, 0.2) is 0 Å². The van der Waals surface area contributed by atoms with E-state index < -0.39 is 0 Å². The van der Waals surface area contributed by atoms with E-state index in [1.807, 2.05) is 64.1 Å². The van der Waals surface area contributed by atoms with Crippen molar-refractivity contribution in [3.8, 4) is 5.75 Å². The molecule has 2 aliphatic rings. The Morgan fingerprint density at radius 3 is 2.39 bits per heavy atom. The molecule has 7 heteroatoms. The SMILES string of the molecule is CCOc1ccc(NC(=O)N2CCC(N3CCN(Cc4ccccc4)C3=O)CC2)cc1. The molecule has 0 aliphatic carbocycles. The van der Waals surface area contributed by atoms with Crippen LogP contribution in [0.15, 0.2) is 54.6 Å². The molecule has 31 heavy (non-hydrogen) atoms. The highest BCUT2D eigenvalue weighted by molar-refractivity contribution is 5.89. The number of likely N-dealkylation sites (tertiary alicyclic amines) is 1. The third kappa shape index (κ3) is 5.10. The Morgan fingerprint density at radius 2 is 1.71 bits per heavy atom.